The fourth-order valence-corrected chi connectivity index (χ4v) is 9.58. The molecule has 1 fully saturated rings. The number of carboxylic acids is 1. The number of carbonyl (C=O) groups excluding carboxylic acids is 1. The van der Waals surface area contributed by atoms with Crippen LogP contribution >= 0.6 is 0 Å². The Bertz CT molecular complexity index is 2430. The molecule has 1 spiro atoms. The van der Waals surface area contributed by atoms with Gasteiger partial charge >= 0.3 is 11.9 Å². The summed E-state index contributed by atoms with van der Waals surface area (Å²) in [6, 6.07) is 16.9. The van der Waals surface area contributed by atoms with E-state index in [-0.39, 0.29) is 38.0 Å². The van der Waals surface area contributed by atoms with Crippen molar-refractivity contribution in [3.63, 3.8) is 0 Å². The molecule has 1 unspecified atom stereocenters. The van der Waals surface area contributed by atoms with Crippen LogP contribution in [0.4, 0.5) is 0 Å². The molecule has 6 aliphatic heterocycles. The van der Waals surface area contributed by atoms with Crippen molar-refractivity contribution in [3.05, 3.63) is 112 Å². The van der Waals surface area contributed by atoms with Gasteiger partial charge in [0.15, 0.2) is 28.9 Å². The van der Waals surface area contributed by atoms with E-state index < -0.39 is 73.0 Å². The number of aliphatic imine (C=N–C) groups is 1. The molecule has 6 heterocycles. The first-order chi connectivity index (χ1) is 30.9. The van der Waals surface area contributed by atoms with Crippen LogP contribution in [0.3, 0.4) is 0 Å². The van der Waals surface area contributed by atoms with Gasteiger partial charge in [-0.3, -0.25) is 19.5 Å². The molecule has 11 atom stereocenters. The number of rotatable bonds is 14. The van der Waals surface area contributed by atoms with Gasteiger partial charge in [0.2, 0.25) is 12.0 Å². The molecule has 0 amide bonds. The van der Waals surface area contributed by atoms with Gasteiger partial charge in [-0.2, -0.15) is 0 Å². The number of methoxy groups -OCH3 is 1. The van der Waals surface area contributed by atoms with Crippen LogP contribution in [0, 0.1) is 0 Å². The van der Waals surface area contributed by atoms with Crippen molar-refractivity contribution in [1.82, 2.24) is 5.32 Å². The number of hydrogen-bond acceptors (Lipinski definition) is 17. The predicted octanol–water partition coefficient (Wildman–Crippen LogP) is -0.755. The second-order valence-electron chi connectivity index (χ2n) is 16.3. The maximum Gasteiger partial charge on any atom is 0.317 e. The number of aliphatic hydroxyl groups is 5. The van der Waals surface area contributed by atoms with E-state index in [1.165, 1.54) is 19.4 Å². The second-order valence-corrected chi connectivity index (χ2v) is 16.3. The number of nitrogens with zero attached hydrogens (tertiary/aromatic N) is 1. The van der Waals surface area contributed by atoms with Crippen LogP contribution < -0.4 is 39.6 Å². The Hall–Kier alpha value is -6.03. The monoisotopic (exact) mass is 885 g/mol. The first kappa shape index (κ1) is 43.2. The number of hydrogen-bond donors (Lipinski definition) is 9. The number of ether oxygens (including phenoxy) is 7. The number of esters is 1. The average molecular weight is 886 g/mol. The maximum absolute atomic E-state index is 12.7. The molecule has 64 heavy (non-hydrogen) atoms. The SMILES string of the molecule is COc1ccc2c(c1OCCO)O[C@H]1c3c(C[NH+]4CC5=CC=NC5=C4CO)cc(O[C@@H]4O[C@@]5(C=CN[C@H](N)[C@H]5OC(=O)CC(=O)O)[C@@H](O)[C@H](O)[C@H]4O)cc3O[C@H](Cc3ccccc3)[C@@H]21. The summed E-state index contributed by atoms with van der Waals surface area (Å²) in [6.07, 6.45) is -5.91. The molecule has 1 saturated heterocycles. The molecule has 0 aliphatic carbocycles. The Morgan fingerprint density at radius 2 is 1.88 bits per heavy atom. The zero-order valence-corrected chi connectivity index (χ0v) is 34.5. The Morgan fingerprint density at radius 1 is 1.06 bits per heavy atom. The first-order valence-electron chi connectivity index (χ1n) is 20.8. The van der Waals surface area contributed by atoms with Gasteiger partial charge in [0.25, 0.3) is 0 Å². The van der Waals surface area contributed by atoms with E-state index in [9.17, 15) is 40.2 Å². The lowest BCUT2D eigenvalue weighted by atomic mass is 9.79. The van der Waals surface area contributed by atoms with Crippen molar-refractivity contribution in [3.8, 4) is 28.7 Å². The highest BCUT2D eigenvalue weighted by molar-refractivity contribution is 5.90. The second kappa shape index (κ2) is 17.5. The van der Waals surface area contributed by atoms with Crippen molar-refractivity contribution in [2.24, 2.45) is 10.7 Å². The summed E-state index contributed by atoms with van der Waals surface area (Å²) in [7, 11) is 1.52. The molecule has 0 aromatic heterocycles. The minimum atomic E-state index is -2.13. The Kier molecular flexibility index (Phi) is 11.8. The summed E-state index contributed by atoms with van der Waals surface area (Å²) >= 11 is 0. The first-order valence-corrected chi connectivity index (χ1v) is 20.8. The van der Waals surface area contributed by atoms with E-state index in [1.54, 1.807) is 24.4 Å². The van der Waals surface area contributed by atoms with E-state index in [4.69, 9.17) is 38.9 Å². The summed E-state index contributed by atoms with van der Waals surface area (Å²) in [5.74, 6) is -1.39. The van der Waals surface area contributed by atoms with Crippen LogP contribution in [0.15, 0.2) is 94.9 Å². The highest BCUT2D eigenvalue weighted by Gasteiger charge is 2.61. The average Bonchev–Trinajstić information content (AvgIpc) is 3.99. The molecule has 0 saturated carbocycles. The van der Waals surface area contributed by atoms with Crippen molar-refractivity contribution >= 4 is 18.2 Å². The molecule has 10 N–H and O–H groups in total. The number of carbonyl (C=O) groups is 2. The third-order valence-corrected chi connectivity index (χ3v) is 12.4. The minimum absolute atomic E-state index is 0.0148. The van der Waals surface area contributed by atoms with Crippen LogP contribution in [0.2, 0.25) is 0 Å². The van der Waals surface area contributed by atoms with Crippen LogP contribution in [0.5, 0.6) is 28.7 Å². The molecule has 3 aromatic carbocycles. The van der Waals surface area contributed by atoms with Gasteiger partial charge in [-0.25, -0.2) is 0 Å². The van der Waals surface area contributed by atoms with Crippen LogP contribution in [0.1, 0.15) is 40.7 Å². The summed E-state index contributed by atoms with van der Waals surface area (Å²) in [6.45, 7) is 0.250. The molecule has 0 bridgehead atoms. The van der Waals surface area contributed by atoms with E-state index in [0.29, 0.717) is 58.5 Å². The number of allylic oxidation sites excluding steroid dienone is 1. The van der Waals surface area contributed by atoms with Crippen LogP contribution in [-0.4, -0.2) is 131 Å². The topological polar surface area (TPSA) is 275 Å². The largest absolute Gasteiger partial charge is 0.493 e. The van der Waals surface area contributed by atoms with Crippen LogP contribution in [-0.2, 0) is 32.0 Å². The molecule has 19 heteroatoms. The molecule has 338 valence electrons. The van der Waals surface area contributed by atoms with Gasteiger partial charge in [-0.05, 0) is 36.0 Å². The number of fused-ring (bicyclic) bond motifs is 6. The summed E-state index contributed by atoms with van der Waals surface area (Å²) < 4.78 is 43.9. The molecule has 9 rings (SSSR count). The van der Waals surface area contributed by atoms with Crippen molar-refractivity contribution in [1.29, 1.82) is 0 Å². The van der Waals surface area contributed by atoms with E-state index >= 15 is 0 Å². The van der Waals surface area contributed by atoms with Gasteiger partial charge < -0.3 is 74.8 Å². The summed E-state index contributed by atoms with van der Waals surface area (Å²) in [4.78, 5) is 29.4. The Balaban J connectivity index is 1.14. The normalized spacial score (nSPS) is 30.6. The number of benzene rings is 3. The van der Waals surface area contributed by atoms with Crippen molar-refractivity contribution in [2.75, 3.05) is 33.5 Å². The Labute approximate surface area is 366 Å². The van der Waals surface area contributed by atoms with Crippen LogP contribution in [0.25, 0.3) is 0 Å². The Morgan fingerprint density at radius 3 is 2.62 bits per heavy atom. The third-order valence-electron chi connectivity index (χ3n) is 12.4. The molecular formula is C45H49N4O15+. The van der Waals surface area contributed by atoms with Gasteiger partial charge in [0.05, 0.1) is 19.6 Å². The summed E-state index contributed by atoms with van der Waals surface area (Å²) in [5.41, 5.74) is 9.62. The van der Waals surface area contributed by atoms with Gasteiger partial charge in [0, 0.05) is 41.0 Å². The number of aliphatic carboxylic acids is 1. The van der Waals surface area contributed by atoms with Gasteiger partial charge in [-0.1, -0.05) is 36.4 Å². The quantitative estimate of drug-likeness (QED) is 0.0712. The summed E-state index contributed by atoms with van der Waals surface area (Å²) in [5, 5.41) is 66.5. The van der Waals surface area contributed by atoms with E-state index in [2.05, 4.69) is 10.3 Å². The standard InChI is InChI=1S/C45H48N4O15/c1-58-28-8-7-26-34-29(15-22-5-3-2-4-6-22)61-30-17-25(60-44-37(56)36(55)41(57)45(64-44)10-12-48-43(46)42(45)62-32(54)18-31(52)53)16-24(20-49-19-23-9-11-47-35(23)27(49)21-51)33(30)40(34)63-38(26)39(28)59-14-13-50/h2-12,16-17,29,34,36-37,40-44,48,50-51,55-57H,13-15,18-21,46H2,1H3,(H,52,53)/p+1/t29-,34-,36-,37-,40+,41+,42-,43+,44-,45+/m1/s1. The number of carboxylic acid groups (broad SMARTS) is 1. The lowest BCUT2D eigenvalue weighted by molar-refractivity contribution is -0.867. The molecular weight excluding hydrogens is 837 g/mol. The number of nitrogens with one attached hydrogen (secondary N) is 2. The highest BCUT2D eigenvalue weighted by Crippen LogP contribution is 2.59. The molecule has 19 nitrogen and oxygen atoms in total. The molecule has 3 aromatic rings. The fraction of sp³-hybridized carbons (Fsp3) is 0.400. The molecule has 6 aliphatic rings. The van der Waals surface area contributed by atoms with Crippen molar-refractivity contribution < 1.29 is 78.3 Å². The van der Waals surface area contributed by atoms with Gasteiger partial charge in [0.1, 0.15) is 86.6 Å². The van der Waals surface area contributed by atoms with Crippen molar-refractivity contribution in [2.45, 2.75) is 80.0 Å². The zero-order chi connectivity index (χ0) is 44.9. The minimum Gasteiger partial charge on any atom is -0.493 e. The predicted molar refractivity (Wildman–Crippen MR) is 222 cm³/mol. The van der Waals surface area contributed by atoms with E-state index in [1.807, 2.05) is 42.5 Å². The van der Waals surface area contributed by atoms with E-state index in [0.717, 1.165) is 21.6 Å². The number of quaternary nitrogens is 1. The zero-order valence-electron chi connectivity index (χ0n) is 34.5. The smallest absolute Gasteiger partial charge is 0.317 e. The van der Waals surface area contributed by atoms with Gasteiger partial charge in [-0.15, -0.1) is 0 Å². The highest BCUT2D eigenvalue weighted by atomic mass is 16.7. The number of aliphatic hydroxyl groups excluding tert-OH is 5. The lowest BCUT2D eigenvalue weighted by Crippen LogP contribution is -3.08. The molecule has 0 radical (unpaired) electrons. The fourth-order valence-electron chi connectivity index (χ4n) is 9.58. The number of nitrogens with two attached hydrogens (primary N) is 1. The third kappa shape index (κ3) is 7.62. The maximum atomic E-state index is 12.7. The lowest BCUT2D eigenvalue weighted by Gasteiger charge is -2.52.